The molecule has 0 saturated heterocycles. The van der Waals surface area contributed by atoms with Crippen LogP contribution in [0.5, 0.6) is 0 Å². The SMILES string of the molecule is CC/C=C/CC/C=C(\C)[N+](=O)[O-]. The van der Waals surface area contributed by atoms with Gasteiger partial charge < -0.3 is 0 Å². The highest BCUT2D eigenvalue weighted by Gasteiger charge is 1.98. The normalized spacial score (nSPS) is 12.3. The topological polar surface area (TPSA) is 43.1 Å². The Morgan fingerprint density at radius 3 is 2.58 bits per heavy atom. The molecule has 0 aromatic rings. The van der Waals surface area contributed by atoms with Gasteiger partial charge in [0.2, 0.25) is 5.70 Å². The van der Waals surface area contributed by atoms with Gasteiger partial charge in [0.15, 0.2) is 0 Å². The zero-order valence-electron chi connectivity index (χ0n) is 7.62. The minimum Gasteiger partial charge on any atom is -0.259 e. The van der Waals surface area contributed by atoms with Crippen molar-refractivity contribution in [2.45, 2.75) is 33.1 Å². The van der Waals surface area contributed by atoms with Gasteiger partial charge in [-0.05, 0) is 25.3 Å². The summed E-state index contributed by atoms with van der Waals surface area (Å²) in [7, 11) is 0. The largest absolute Gasteiger partial charge is 0.259 e. The molecule has 0 bridgehead atoms. The van der Waals surface area contributed by atoms with Crippen molar-refractivity contribution in [3.63, 3.8) is 0 Å². The van der Waals surface area contributed by atoms with Crippen molar-refractivity contribution in [1.82, 2.24) is 0 Å². The van der Waals surface area contributed by atoms with E-state index in [1.165, 1.54) is 6.92 Å². The molecule has 12 heavy (non-hydrogen) atoms. The van der Waals surface area contributed by atoms with Gasteiger partial charge in [-0.15, -0.1) is 0 Å². The second kappa shape index (κ2) is 6.58. The summed E-state index contributed by atoms with van der Waals surface area (Å²) in [6, 6.07) is 0. The zero-order valence-corrected chi connectivity index (χ0v) is 7.62. The lowest BCUT2D eigenvalue weighted by Gasteiger charge is -1.88. The van der Waals surface area contributed by atoms with E-state index in [1.807, 2.05) is 6.08 Å². The highest BCUT2D eigenvalue weighted by Crippen LogP contribution is 1.99. The summed E-state index contributed by atoms with van der Waals surface area (Å²) in [6.45, 7) is 3.58. The fourth-order valence-electron chi connectivity index (χ4n) is 0.747. The molecule has 3 nitrogen and oxygen atoms in total. The highest BCUT2D eigenvalue weighted by atomic mass is 16.6. The lowest BCUT2D eigenvalue weighted by atomic mass is 10.2. The Morgan fingerprint density at radius 2 is 2.08 bits per heavy atom. The molecule has 0 aliphatic carbocycles. The molecule has 0 heterocycles. The number of nitrogens with zero attached hydrogens (tertiary/aromatic N) is 1. The van der Waals surface area contributed by atoms with E-state index >= 15 is 0 Å². The van der Waals surface area contributed by atoms with Crippen LogP contribution >= 0.6 is 0 Å². The summed E-state index contributed by atoms with van der Waals surface area (Å²) in [4.78, 5) is 9.78. The molecule has 0 N–H and O–H groups in total. The Balaban J connectivity index is 3.60. The van der Waals surface area contributed by atoms with E-state index in [-0.39, 0.29) is 10.6 Å². The van der Waals surface area contributed by atoms with E-state index in [2.05, 4.69) is 13.0 Å². The minimum absolute atomic E-state index is 0.236. The molecule has 0 unspecified atom stereocenters. The zero-order chi connectivity index (χ0) is 9.40. The van der Waals surface area contributed by atoms with Gasteiger partial charge in [0.05, 0.1) is 4.92 Å². The Kier molecular flexibility index (Phi) is 5.97. The Morgan fingerprint density at radius 1 is 1.42 bits per heavy atom. The van der Waals surface area contributed by atoms with Crippen LogP contribution in [0, 0.1) is 10.1 Å². The number of hydrogen-bond donors (Lipinski definition) is 0. The van der Waals surface area contributed by atoms with E-state index in [0.717, 1.165) is 19.3 Å². The lowest BCUT2D eigenvalue weighted by Crippen LogP contribution is -1.92. The van der Waals surface area contributed by atoms with Crippen molar-refractivity contribution < 1.29 is 4.92 Å². The maximum absolute atomic E-state index is 10.1. The molecule has 0 saturated carbocycles. The standard InChI is InChI=1S/C9H15NO2/c1-3-4-5-6-7-8-9(2)10(11)12/h4-5,8H,3,6-7H2,1-2H3/b5-4+,9-8+. The minimum atomic E-state index is -0.358. The van der Waals surface area contributed by atoms with Crippen LogP contribution in [-0.2, 0) is 0 Å². The molecule has 0 aromatic heterocycles. The second-order valence-electron chi connectivity index (χ2n) is 2.56. The first-order valence-corrected chi connectivity index (χ1v) is 4.14. The molecule has 0 atom stereocenters. The predicted molar refractivity (Wildman–Crippen MR) is 49.4 cm³/mol. The monoisotopic (exact) mass is 169 g/mol. The molecule has 0 aliphatic rings. The second-order valence-corrected chi connectivity index (χ2v) is 2.56. The summed E-state index contributed by atoms with van der Waals surface area (Å²) < 4.78 is 0. The molecule has 0 amide bonds. The van der Waals surface area contributed by atoms with Crippen LogP contribution in [0.1, 0.15) is 33.1 Å². The number of unbranched alkanes of at least 4 members (excludes halogenated alkanes) is 1. The van der Waals surface area contributed by atoms with E-state index in [1.54, 1.807) is 6.08 Å². The number of rotatable bonds is 5. The van der Waals surface area contributed by atoms with Crippen molar-refractivity contribution in [2.75, 3.05) is 0 Å². The van der Waals surface area contributed by atoms with Gasteiger partial charge in [0, 0.05) is 6.92 Å². The first-order chi connectivity index (χ1) is 5.68. The smallest absolute Gasteiger partial charge is 0.239 e. The summed E-state index contributed by atoms with van der Waals surface area (Å²) in [5.41, 5.74) is 0.236. The molecule has 3 heteroatoms. The molecule has 0 aliphatic heterocycles. The van der Waals surface area contributed by atoms with Crippen LogP contribution in [0.25, 0.3) is 0 Å². The van der Waals surface area contributed by atoms with Crippen LogP contribution in [0.2, 0.25) is 0 Å². The van der Waals surface area contributed by atoms with Gasteiger partial charge in [-0.1, -0.05) is 19.1 Å². The van der Waals surface area contributed by atoms with E-state index in [4.69, 9.17) is 0 Å². The summed E-state index contributed by atoms with van der Waals surface area (Å²) in [5.74, 6) is 0. The summed E-state index contributed by atoms with van der Waals surface area (Å²) >= 11 is 0. The Hall–Kier alpha value is -1.12. The van der Waals surface area contributed by atoms with Crippen LogP contribution in [0.4, 0.5) is 0 Å². The molecule has 0 radical (unpaired) electrons. The lowest BCUT2D eigenvalue weighted by molar-refractivity contribution is -0.424. The third-order valence-corrected chi connectivity index (χ3v) is 1.46. The van der Waals surface area contributed by atoms with Crippen LogP contribution < -0.4 is 0 Å². The molecule has 0 spiro atoms. The first-order valence-electron chi connectivity index (χ1n) is 4.14. The quantitative estimate of drug-likeness (QED) is 0.275. The van der Waals surface area contributed by atoms with Gasteiger partial charge >= 0.3 is 0 Å². The van der Waals surface area contributed by atoms with Crippen molar-refractivity contribution in [3.8, 4) is 0 Å². The maximum atomic E-state index is 10.1. The van der Waals surface area contributed by atoms with Gasteiger partial charge in [0.1, 0.15) is 0 Å². The number of hydrogen-bond acceptors (Lipinski definition) is 2. The fraction of sp³-hybridized carbons (Fsp3) is 0.556. The van der Waals surface area contributed by atoms with Gasteiger partial charge in [-0.2, -0.15) is 0 Å². The van der Waals surface area contributed by atoms with Crippen LogP contribution in [0.3, 0.4) is 0 Å². The van der Waals surface area contributed by atoms with Gasteiger partial charge in [0.25, 0.3) is 0 Å². The van der Waals surface area contributed by atoms with E-state index in [9.17, 15) is 10.1 Å². The molecule has 0 aromatic carbocycles. The van der Waals surface area contributed by atoms with E-state index in [0.29, 0.717) is 0 Å². The maximum Gasteiger partial charge on any atom is 0.239 e. The van der Waals surface area contributed by atoms with Crippen molar-refractivity contribution in [2.24, 2.45) is 0 Å². The third-order valence-electron chi connectivity index (χ3n) is 1.46. The molecule has 0 fully saturated rings. The highest BCUT2D eigenvalue weighted by molar-refractivity contribution is 4.90. The Bertz CT molecular complexity index is 195. The average molecular weight is 169 g/mol. The molecular formula is C9H15NO2. The van der Waals surface area contributed by atoms with E-state index < -0.39 is 0 Å². The molecule has 0 rings (SSSR count). The Labute approximate surface area is 72.9 Å². The van der Waals surface area contributed by atoms with Crippen LogP contribution in [0.15, 0.2) is 23.9 Å². The van der Waals surface area contributed by atoms with Crippen molar-refractivity contribution >= 4 is 0 Å². The summed E-state index contributed by atoms with van der Waals surface area (Å²) in [6.07, 6.45) is 8.43. The molecular weight excluding hydrogens is 154 g/mol. The number of nitro groups is 1. The average Bonchev–Trinajstić information content (AvgIpc) is 2.03. The summed E-state index contributed by atoms with van der Waals surface area (Å²) in [5, 5.41) is 10.1. The van der Waals surface area contributed by atoms with Crippen molar-refractivity contribution in [1.29, 1.82) is 0 Å². The van der Waals surface area contributed by atoms with Crippen LogP contribution in [-0.4, -0.2) is 4.92 Å². The van der Waals surface area contributed by atoms with Gasteiger partial charge in [-0.25, -0.2) is 0 Å². The van der Waals surface area contributed by atoms with Crippen molar-refractivity contribution in [3.05, 3.63) is 34.0 Å². The van der Waals surface area contributed by atoms with Gasteiger partial charge in [-0.3, -0.25) is 10.1 Å². The molecule has 68 valence electrons. The third kappa shape index (κ3) is 5.65. The number of allylic oxidation sites excluding steroid dienone is 4. The fourth-order valence-corrected chi connectivity index (χ4v) is 0.747. The predicted octanol–water partition coefficient (Wildman–Crippen LogP) is 2.91. The first kappa shape index (κ1) is 10.9.